The van der Waals surface area contributed by atoms with Crippen molar-refractivity contribution in [3.8, 4) is 11.5 Å². The van der Waals surface area contributed by atoms with Crippen molar-refractivity contribution >= 4 is 17.4 Å². The number of carbonyl (C=O) groups is 1. The lowest BCUT2D eigenvalue weighted by atomic mass is 10.1. The van der Waals surface area contributed by atoms with E-state index in [1.54, 1.807) is 12.1 Å². The smallest absolute Gasteiger partial charge is 0.160 e. The molecule has 4 heteroatoms. The van der Waals surface area contributed by atoms with Crippen LogP contribution in [0.4, 0.5) is 0 Å². The molecule has 82 valence electrons. The molecule has 0 saturated carbocycles. The Labute approximate surface area is 93.6 Å². The Balaban J connectivity index is 2.95. The van der Waals surface area contributed by atoms with E-state index in [0.29, 0.717) is 17.9 Å². The van der Waals surface area contributed by atoms with E-state index >= 15 is 0 Å². The highest BCUT2D eigenvalue weighted by Gasteiger charge is 2.14. The molecule has 3 nitrogen and oxygen atoms in total. The second-order valence-corrected chi connectivity index (χ2v) is 3.57. The summed E-state index contributed by atoms with van der Waals surface area (Å²) >= 11 is 5.84. The van der Waals surface area contributed by atoms with Gasteiger partial charge in [0.2, 0.25) is 0 Å². The van der Waals surface area contributed by atoms with Crippen LogP contribution in [0.2, 0.25) is 0 Å². The minimum atomic E-state index is -0.716. The first-order chi connectivity index (χ1) is 7.06. The number of halogens is 1. The van der Waals surface area contributed by atoms with Crippen LogP contribution in [0.1, 0.15) is 24.8 Å². The Bertz CT molecular complexity index is 363. The molecule has 0 amide bonds. The molecule has 1 N–H and O–H groups in total. The summed E-state index contributed by atoms with van der Waals surface area (Å²) < 4.78 is 5.15. The van der Waals surface area contributed by atoms with E-state index in [2.05, 4.69) is 0 Å². The average Bonchev–Trinajstić information content (AvgIpc) is 2.20. The van der Waals surface area contributed by atoms with Crippen molar-refractivity contribution < 1.29 is 14.6 Å². The minimum Gasteiger partial charge on any atom is -0.504 e. The third-order valence-corrected chi connectivity index (χ3v) is 2.49. The van der Waals surface area contributed by atoms with Crippen LogP contribution in [0.5, 0.6) is 11.5 Å². The third kappa shape index (κ3) is 2.86. The van der Waals surface area contributed by atoms with E-state index in [1.165, 1.54) is 13.0 Å². The van der Waals surface area contributed by atoms with Gasteiger partial charge in [0.05, 0.1) is 6.61 Å². The van der Waals surface area contributed by atoms with Crippen LogP contribution in [0, 0.1) is 0 Å². The number of Topliss-reactive ketones (excluding diaryl/α,β-unsaturated/α-hetero) is 1. The van der Waals surface area contributed by atoms with Crippen molar-refractivity contribution in [1.82, 2.24) is 0 Å². The quantitative estimate of drug-likeness (QED) is 0.806. The summed E-state index contributed by atoms with van der Waals surface area (Å²) in [5.74, 6) is 0.246. The van der Waals surface area contributed by atoms with Gasteiger partial charge in [0.1, 0.15) is 5.38 Å². The number of carbonyl (C=O) groups excluding carboxylic acids is 1. The van der Waals surface area contributed by atoms with Gasteiger partial charge in [-0.05, 0) is 31.5 Å². The minimum absolute atomic E-state index is 0.00116. The number of hydrogen-bond donors (Lipinski definition) is 1. The summed E-state index contributed by atoms with van der Waals surface area (Å²) in [6.45, 7) is 3.71. The predicted molar refractivity (Wildman–Crippen MR) is 58.6 cm³/mol. The molecule has 0 radical (unpaired) electrons. The van der Waals surface area contributed by atoms with Gasteiger partial charge in [0.15, 0.2) is 17.3 Å². The Morgan fingerprint density at radius 2 is 2.27 bits per heavy atom. The summed E-state index contributed by atoms with van der Waals surface area (Å²) in [6.07, 6.45) is 0. The molecule has 0 bridgehead atoms. The number of phenols is 1. The number of phenolic OH excluding ortho intramolecular Hbond substituents is 1. The Morgan fingerprint density at radius 3 is 2.73 bits per heavy atom. The van der Waals surface area contributed by atoms with Crippen molar-refractivity contribution in [2.45, 2.75) is 19.2 Å². The lowest BCUT2D eigenvalue weighted by Crippen LogP contribution is -2.01. The van der Waals surface area contributed by atoms with Gasteiger partial charge in [0.25, 0.3) is 0 Å². The van der Waals surface area contributed by atoms with Gasteiger partial charge in [-0.25, -0.2) is 0 Å². The van der Waals surface area contributed by atoms with E-state index in [9.17, 15) is 9.90 Å². The number of hydrogen-bond acceptors (Lipinski definition) is 3. The van der Waals surface area contributed by atoms with E-state index in [0.717, 1.165) is 0 Å². The average molecular weight is 229 g/mol. The molecule has 0 spiro atoms. The molecule has 0 aromatic heterocycles. The molecule has 0 aliphatic rings. The number of aromatic hydroxyl groups is 1. The fourth-order valence-corrected chi connectivity index (χ4v) is 1.34. The standard InChI is InChI=1S/C11H13ClO3/c1-3-15-10-5-4-8(6-9(10)14)11(12)7(2)13/h4-6,11,14H,3H2,1-2H3. The van der Waals surface area contributed by atoms with Crippen LogP contribution >= 0.6 is 11.6 Å². The Hall–Kier alpha value is -1.22. The van der Waals surface area contributed by atoms with Gasteiger partial charge in [-0.15, -0.1) is 11.6 Å². The first-order valence-electron chi connectivity index (χ1n) is 4.66. The molecule has 15 heavy (non-hydrogen) atoms. The van der Waals surface area contributed by atoms with E-state index in [1.807, 2.05) is 6.92 Å². The molecule has 0 heterocycles. The van der Waals surface area contributed by atoms with Crippen molar-refractivity contribution in [3.05, 3.63) is 23.8 Å². The van der Waals surface area contributed by atoms with E-state index < -0.39 is 5.38 Å². The molecular formula is C11H13ClO3. The zero-order valence-corrected chi connectivity index (χ0v) is 9.41. The molecular weight excluding hydrogens is 216 g/mol. The predicted octanol–water partition coefficient (Wildman–Crippen LogP) is 2.66. The van der Waals surface area contributed by atoms with Crippen LogP contribution < -0.4 is 4.74 Å². The highest BCUT2D eigenvalue weighted by molar-refractivity contribution is 6.30. The molecule has 1 atom stereocenters. The maximum absolute atomic E-state index is 11.0. The van der Waals surface area contributed by atoms with Gasteiger partial charge in [-0.1, -0.05) is 6.07 Å². The maximum atomic E-state index is 11.0. The molecule has 0 aliphatic heterocycles. The van der Waals surface area contributed by atoms with Gasteiger partial charge in [-0.2, -0.15) is 0 Å². The normalized spacial score (nSPS) is 12.2. The van der Waals surface area contributed by atoms with E-state index in [4.69, 9.17) is 16.3 Å². The van der Waals surface area contributed by atoms with Gasteiger partial charge < -0.3 is 9.84 Å². The number of benzene rings is 1. The Morgan fingerprint density at radius 1 is 1.60 bits per heavy atom. The number of ether oxygens (including phenoxy) is 1. The molecule has 1 aromatic carbocycles. The van der Waals surface area contributed by atoms with Crippen molar-refractivity contribution in [2.75, 3.05) is 6.61 Å². The molecule has 0 aliphatic carbocycles. The van der Waals surface area contributed by atoms with E-state index in [-0.39, 0.29) is 11.5 Å². The second kappa shape index (κ2) is 5.03. The number of alkyl halides is 1. The van der Waals surface area contributed by atoms with Crippen molar-refractivity contribution in [3.63, 3.8) is 0 Å². The van der Waals surface area contributed by atoms with Gasteiger partial charge in [0, 0.05) is 0 Å². The maximum Gasteiger partial charge on any atom is 0.160 e. The number of rotatable bonds is 4. The lowest BCUT2D eigenvalue weighted by Gasteiger charge is -2.09. The lowest BCUT2D eigenvalue weighted by molar-refractivity contribution is -0.116. The fourth-order valence-electron chi connectivity index (χ4n) is 1.20. The molecule has 0 fully saturated rings. The fraction of sp³-hybridized carbons (Fsp3) is 0.364. The summed E-state index contributed by atoms with van der Waals surface area (Å²) in [5, 5.41) is 8.84. The zero-order chi connectivity index (χ0) is 11.4. The molecule has 0 saturated heterocycles. The van der Waals surface area contributed by atoms with Crippen LogP contribution in [0.3, 0.4) is 0 Å². The van der Waals surface area contributed by atoms with Crippen LogP contribution in [0.25, 0.3) is 0 Å². The first-order valence-corrected chi connectivity index (χ1v) is 5.10. The highest BCUT2D eigenvalue weighted by atomic mass is 35.5. The molecule has 1 unspecified atom stereocenters. The van der Waals surface area contributed by atoms with Crippen LogP contribution in [-0.4, -0.2) is 17.5 Å². The number of ketones is 1. The summed E-state index contributed by atoms with van der Waals surface area (Å²) in [7, 11) is 0. The zero-order valence-electron chi connectivity index (χ0n) is 8.66. The van der Waals surface area contributed by atoms with Crippen molar-refractivity contribution in [2.24, 2.45) is 0 Å². The highest BCUT2D eigenvalue weighted by Crippen LogP contribution is 2.31. The van der Waals surface area contributed by atoms with Crippen molar-refractivity contribution in [1.29, 1.82) is 0 Å². The monoisotopic (exact) mass is 228 g/mol. The topological polar surface area (TPSA) is 46.5 Å². The second-order valence-electron chi connectivity index (χ2n) is 3.13. The summed E-state index contributed by atoms with van der Waals surface area (Å²) in [5.41, 5.74) is 0.574. The SMILES string of the molecule is CCOc1ccc(C(Cl)C(C)=O)cc1O. The Kier molecular flexibility index (Phi) is 3.97. The van der Waals surface area contributed by atoms with Crippen LogP contribution in [-0.2, 0) is 4.79 Å². The van der Waals surface area contributed by atoms with Gasteiger partial charge in [-0.3, -0.25) is 4.79 Å². The van der Waals surface area contributed by atoms with Gasteiger partial charge >= 0.3 is 0 Å². The van der Waals surface area contributed by atoms with Crippen LogP contribution in [0.15, 0.2) is 18.2 Å². The summed E-state index contributed by atoms with van der Waals surface area (Å²) in [4.78, 5) is 11.0. The largest absolute Gasteiger partial charge is 0.504 e. The molecule has 1 aromatic rings. The molecule has 1 rings (SSSR count). The third-order valence-electron chi connectivity index (χ3n) is 1.93. The first kappa shape index (κ1) is 11.9. The summed E-state index contributed by atoms with van der Waals surface area (Å²) in [6, 6.07) is 4.72.